The van der Waals surface area contributed by atoms with Crippen molar-refractivity contribution in [2.75, 3.05) is 0 Å². The molecule has 0 radical (unpaired) electrons. The highest BCUT2D eigenvalue weighted by Crippen LogP contribution is 2.30. The van der Waals surface area contributed by atoms with Crippen LogP contribution in [-0.2, 0) is 0 Å². The molecule has 0 amide bonds. The van der Waals surface area contributed by atoms with Crippen LogP contribution in [0.3, 0.4) is 0 Å². The Morgan fingerprint density at radius 2 is 2.08 bits per heavy atom. The molecule has 0 bridgehead atoms. The van der Waals surface area contributed by atoms with Gasteiger partial charge >= 0.3 is 0 Å². The van der Waals surface area contributed by atoms with Crippen molar-refractivity contribution in [3.8, 4) is 17.3 Å². The van der Waals surface area contributed by atoms with Crippen molar-refractivity contribution in [2.24, 2.45) is 0 Å². The third-order valence-corrected chi connectivity index (χ3v) is 4.91. The first-order valence-corrected chi connectivity index (χ1v) is 8.89. The highest BCUT2D eigenvalue weighted by Gasteiger charge is 2.12. The molecule has 128 valence electrons. The van der Waals surface area contributed by atoms with E-state index in [1.807, 2.05) is 0 Å². The van der Waals surface area contributed by atoms with Crippen molar-refractivity contribution in [3.63, 3.8) is 0 Å². The van der Waals surface area contributed by atoms with Crippen molar-refractivity contribution in [3.05, 3.63) is 78.6 Å². The van der Waals surface area contributed by atoms with E-state index < -0.39 is 4.92 Å². The summed E-state index contributed by atoms with van der Waals surface area (Å²) in [6.45, 7) is 0. The lowest BCUT2D eigenvalue weighted by atomic mass is 10.1. The Kier molecular flexibility index (Phi) is 5.33. The van der Waals surface area contributed by atoms with Gasteiger partial charge in [0, 0.05) is 33.1 Å². The molecule has 2 aromatic carbocycles. The first-order valence-electron chi connectivity index (χ1n) is 7.25. The van der Waals surface area contributed by atoms with Crippen LogP contribution in [0.2, 0.25) is 10.0 Å². The summed E-state index contributed by atoms with van der Waals surface area (Å²) < 4.78 is 0. The molecule has 26 heavy (non-hydrogen) atoms. The number of nitro groups is 1. The molecular weight excluding hydrogens is 393 g/mol. The SMILES string of the molecule is N#CC(=Cc1ccc(Cl)cc1Cl)c1nc(-c2cccc([N+](=O)[O-])c2)cs1. The van der Waals surface area contributed by atoms with Gasteiger partial charge in [0.1, 0.15) is 11.1 Å². The molecular formula is C18H9Cl2N3O2S. The van der Waals surface area contributed by atoms with E-state index in [2.05, 4.69) is 11.1 Å². The molecule has 0 aliphatic carbocycles. The molecule has 0 saturated carbocycles. The number of aromatic nitrogens is 1. The number of non-ortho nitro benzene ring substituents is 1. The minimum Gasteiger partial charge on any atom is -0.258 e. The molecule has 0 unspecified atom stereocenters. The number of hydrogen-bond donors (Lipinski definition) is 0. The lowest BCUT2D eigenvalue weighted by molar-refractivity contribution is -0.384. The highest BCUT2D eigenvalue weighted by atomic mass is 35.5. The van der Waals surface area contributed by atoms with Gasteiger partial charge in [-0.3, -0.25) is 10.1 Å². The van der Waals surface area contributed by atoms with Crippen molar-refractivity contribution < 1.29 is 4.92 Å². The second kappa shape index (κ2) is 7.67. The first kappa shape index (κ1) is 18.1. The average Bonchev–Trinajstić information content (AvgIpc) is 3.11. The molecule has 1 heterocycles. The third kappa shape index (κ3) is 3.92. The number of thiazole rings is 1. The zero-order valence-corrected chi connectivity index (χ0v) is 15.3. The van der Waals surface area contributed by atoms with Crippen molar-refractivity contribution in [1.29, 1.82) is 5.26 Å². The monoisotopic (exact) mass is 401 g/mol. The fourth-order valence-electron chi connectivity index (χ4n) is 2.22. The summed E-state index contributed by atoms with van der Waals surface area (Å²) in [5.41, 5.74) is 2.16. The van der Waals surface area contributed by atoms with Crippen LogP contribution in [-0.4, -0.2) is 9.91 Å². The molecule has 3 rings (SSSR count). The molecule has 0 aliphatic heterocycles. The Labute approximate surface area is 162 Å². The average molecular weight is 402 g/mol. The van der Waals surface area contributed by atoms with Crippen LogP contribution in [0.1, 0.15) is 10.6 Å². The van der Waals surface area contributed by atoms with Crippen molar-refractivity contribution in [2.45, 2.75) is 0 Å². The summed E-state index contributed by atoms with van der Waals surface area (Å²) in [7, 11) is 0. The number of nitro benzene ring substituents is 1. The van der Waals surface area contributed by atoms with Gasteiger partial charge in [-0.2, -0.15) is 5.26 Å². The molecule has 5 nitrogen and oxygen atoms in total. The van der Waals surface area contributed by atoms with Gasteiger partial charge in [0.25, 0.3) is 5.69 Å². The maximum atomic E-state index is 10.9. The maximum absolute atomic E-state index is 10.9. The molecule has 0 saturated heterocycles. The fraction of sp³-hybridized carbons (Fsp3) is 0. The summed E-state index contributed by atoms with van der Waals surface area (Å²) in [5, 5.41) is 23.6. The van der Waals surface area contributed by atoms with Gasteiger partial charge in [0.05, 0.1) is 16.2 Å². The van der Waals surface area contributed by atoms with Crippen molar-refractivity contribution in [1.82, 2.24) is 4.98 Å². The van der Waals surface area contributed by atoms with E-state index in [9.17, 15) is 15.4 Å². The number of nitriles is 1. The predicted octanol–water partition coefficient (Wildman–Crippen LogP) is 6.09. The zero-order chi connectivity index (χ0) is 18.7. The molecule has 0 fully saturated rings. The normalized spacial score (nSPS) is 11.2. The Morgan fingerprint density at radius 1 is 1.27 bits per heavy atom. The van der Waals surface area contributed by atoms with E-state index in [1.165, 1.54) is 23.5 Å². The summed E-state index contributed by atoms with van der Waals surface area (Å²) in [6.07, 6.45) is 1.63. The van der Waals surface area contributed by atoms with Crippen LogP contribution < -0.4 is 0 Å². The third-order valence-electron chi connectivity index (χ3n) is 3.47. The van der Waals surface area contributed by atoms with Gasteiger partial charge in [0.2, 0.25) is 0 Å². The molecule has 8 heteroatoms. The van der Waals surface area contributed by atoms with Gasteiger partial charge in [0.15, 0.2) is 0 Å². The van der Waals surface area contributed by atoms with E-state index >= 15 is 0 Å². The van der Waals surface area contributed by atoms with Crippen molar-refractivity contribution >= 4 is 51.9 Å². The number of halogens is 2. The van der Waals surface area contributed by atoms with Crippen LogP contribution >= 0.6 is 34.5 Å². The van der Waals surface area contributed by atoms with Crippen LogP contribution in [0.4, 0.5) is 5.69 Å². The molecule has 0 N–H and O–H groups in total. The topological polar surface area (TPSA) is 79.8 Å². The zero-order valence-electron chi connectivity index (χ0n) is 13.0. The Morgan fingerprint density at radius 3 is 2.77 bits per heavy atom. The quantitative estimate of drug-likeness (QED) is 0.301. The van der Waals surface area contributed by atoms with Gasteiger partial charge in [-0.15, -0.1) is 11.3 Å². The molecule has 0 spiro atoms. The minimum atomic E-state index is -0.458. The second-order valence-corrected chi connectivity index (χ2v) is 6.88. The largest absolute Gasteiger partial charge is 0.270 e. The Hall–Kier alpha value is -2.72. The van der Waals surface area contributed by atoms with E-state index in [1.54, 1.807) is 41.8 Å². The van der Waals surface area contributed by atoms with E-state index in [0.717, 1.165) is 0 Å². The molecule has 1 aromatic heterocycles. The van der Waals surface area contributed by atoms with Crippen LogP contribution in [0, 0.1) is 21.4 Å². The maximum Gasteiger partial charge on any atom is 0.270 e. The lowest BCUT2D eigenvalue weighted by Crippen LogP contribution is -1.88. The van der Waals surface area contributed by atoms with E-state index in [-0.39, 0.29) is 5.69 Å². The standard InChI is InChI=1S/C18H9Cl2N3O2S/c19-14-5-4-11(16(20)8-14)6-13(9-21)18-22-17(10-26-18)12-2-1-3-15(7-12)23(24)25/h1-8,10H. The van der Waals surface area contributed by atoms with E-state index in [4.69, 9.17) is 23.2 Å². The van der Waals surface area contributed by atoms with Gasteiger partial charge in [-0.25, -0.2) is 4.98 Å². The second-order valence-electron chi connectivity index (χ2n) is 5.18. The van der Waals surface area contributed by atoms with Gasteiger partial charge in [-0.1, -0.05) is 41.4 Å². The molecule has 3 aromatic rings. The molecule has 0 aliphatic rings. The first-order chi connectivity index (χ1) is 12.5. The summed E-state index contributed by atoms with van der Waals surface area (Å²) in [5.74, 6) is 0. The lowest BCUT2D eigenvalue weighted by Gasteiger charge is -2.00. The number of allylic oxidation sites excluding steroid dienone is 1. The Balaban J connectivity index is 1.97. The molecule has 0 atom stereocenters. The van der Waals surface area contributed by atoms with Gasteiger partial charge < -0.3 is 0 Å². The van der Waals surface area contributed by atoms with Gasteiger partial charge in [-0.05, 0) is 23.8 Å². The smallest absolute Gasteiger partial charge is 0.258 e. The van der Waals surface area contributed by atoms with Crippen LogP contribution in [0.25, 0.3) is 22.9 Å². The number of nitrogens with zero attached hydrogens (tertiary/aromatic N) is 3. The number of hydrogen-bond acceptors (Lipinski definition) is 5. The summed E-state index contributed by atoms with van der Waals surface area (Å²) in [4.78, 5) is 14.9. The summed E-state index contributed by atoms with van der Waals surface area (Å²) >= 11 is 13.3. The van der Waals surface area contributed by atoms with Crippen LogP contribution in [0.5, 0.6) is 0 Å². The highest BCUT2D eigenvalue weighted by molar-refractivity contribution is 7.11. The fourth-order valence-corrected chi connectivity index (χ4v) is 3.48. The number of rotatable bonds is 4. The predicted molar refractivity (Wildman–Crippen MR) is 104 cm³/mol. The van der Waals surface area contributed by atoms with Crippen LogP contribution in [0.15, 0.2) is 47.8 Å². The number of benzene rings is 2. The summed E-state index contributed by atoms with van der Waals surface area (Å²) in [6, 6.07) is 13.3. The van der Waals surface area contributed by atoms with E-state index in [0.29, 0.717) is 37.4 Å². The minimum absolute atomic E-state index is 0.0129. The Bertz CT molecular complexity index is 1070.